The van der Waals surface area contributed by atoms with Crippen LogP contribution in [0.25, 0.3) is 0 Å². The van der Waals surface area contributed by atoms with E-state index in [2.05, 4.69) is 15.3 Å². The van der Waals surface area contributed by atoms with Crippen molar-refractivity contribution in [3.05, 3.63) is 18.6 Å². The van der Waals surface area contributed by atoms with Crippen LogP contribution in [0.1, 0.15) is 20.8 Å². The van der Waals surface area contributed by atoms with Crippen LogP contribution in [0.4, 0.5) is 15.4 Å². The number of piperazine rings is 1. The molecular formula is C14H21N5O3. The van der Waals surface area contributed by atoms with Gasteiger partial charge in [-0.25, -0.2) is 14.6 Å². The van der Waals surface area contributed by atoms with Gasteiger partial charge in [0.2, 0.25) is 0 Å². The van der Waals surface area contributed by atoms with E-state index in [4.69, 9.17) is 0 Å². The number of aromatic nitrogens is 2. The number of anilines is 1. The van der Waals surface area contributed by atoms with Crippen molar-refractivity contribution in [3.8, 4) is 0 Å². The third-order valence-electron chi connectivity index (χ3n) is 3.71. The molecule has 3 amide bonds. The summed E-state index contributed by atoms with van der Waals surface area (Å²) in [5.74, 6) is 0.375. The Morgan fingerprint density at radius 2 is 2.05 bits per heavy atom. The van der Waals surface area contributed by atoms with E-state index in [-0.39, 0.29) is 17.5 Å². The first-order valence-corrected chi connectivity index (χ1v) is 7.10. The fraction of sp³-hybridized carbons (Fsp3) is 0.571. The largest absolute Gasteiger partial charge is 0.465 e. The molecule has 2 N–H and O–H groups in total. The number of hydrogen-bond donors (Lipinski definition) is 2. The molecule has 0 bridgehead atoms. The van der Waals surface area contributed by atoms with Crippen LogP contribution in [-0.4, -0.2) is 62.7 Å². The third-order valence-corrected chi connectivity index (χ3v) is 3.71. The number of rotatable bonds is 1. The third kappa shape index (κ3) is 3.63. The molecular weight excluding hydrogens is 286 g/mol. The van der Waals surface area contributed by atoms with Crippen molar-refractivity contribution < 1.29 is 14.7 Å². The number of carbonyl (C=O) groups is 2. The average Bonchev–Trinajstić information content (AvgIpc) is 2.46. The Hall–Kier alpha value is -2.38. The summed E-state index contributed by atoms with van der Waals surface area (Å²) in [6, 6.07) is -0.550. The van der Waals surface area contributed by atoms with E-state index in [1.807, 2.05) is 20.8 Å². The summed E-state index contributed by atoms with van der Waals surface area (Å²) < 4.78 is 0. The second-order valence-corrected chi connectivity index (χ2v) is 6.32. The summed E-state index contributed by atoms with van der Waals surface area (Å²) >= 11 is 0. The van der Waals surface area contributed by atoms with Crippen LogP contribution in [0.15, 0.2) is 18.6 Å². The first-order chi connectivity index (χ1) is 10.3. The van der Waals surface area contributed by atoms with E-state index in [0.29, 0.717) is 25.5 Å². The molecule has 2 rings (SSSR count). The molecule has 0 radical (unpaired) electrons. The van der Waals surface area contributed by atoms with Crippen molar-refractivity contribution in [2.24, 2.45) is 5.41 Å². The number of nitrogens with zero attached hydrogens (tertiary/aromatic N) is 4. The fourth-order valence-corrected chi connectivity index (χ4v) is 2.49. The van der Waals surface area contributed by atoms with Crippen molar-refractivity contribution in [1.82, 2.24) is 19.8 Å². The number of carbonyl (C=O) groups excluding carboxylic acids is 1. The minimum atomic E-state index is -0.950. The van der Waals surface area contributed by atoms with Crippen molar-refractivity contribution in [2.75, 3.05) is 25.0 Å². The predicted octanol–water partition coefficient (Wildman–Crippen LogP) is 1.72. The van der Waals surface area contributed by atoms with Crippen LogP contribution < -0.4 is 5.32 Å². The molecule has 120 valence electrons. The van der Waals surface area contributed by atoms with Gasteiger partial charge in [-0.2, -0.15) is 0 Å². The lowest BCUT2D eigenvalue weighted by Crippen LogP contribution is -2.61. The minimum absolute atomic E-state index is 0.258. The lowest BCUT2D eigenvalue weighted by atomic mass is 9.84. The highest BCUT2D eigenvalue weighted by molar-refractivity contribution is 5.88. The predicted molar refractivity (Wildman–Crippen MR) is 80.6 cm³/mol. The molecule has 1 aliphatic heterocycles. The van der Waals surface area contributed by atoms with E-state index < -0.39 is 6.09 Å². The molecule has 1 saturated heterocycles. The molecule has 0 aliphatic carbocycles. The van der Waals surface area contributed by atoms with Gasteiger partial charge in [0.1, 0.15) is 0 Å². The molecule has 8 nitrogen and oxygen atoms in total. The number of nitrogens with one attached hydrogen (secondary N) is 1. The molecule has 1 fully saturated rings. The SMILES string of the molecule is CC(C)(C)C1CN(C(=O)Nc2cnccn2)CCN1C(=O)O. The van der Waals surface area contributed by atoms with Crippen LogP contribution in [0.3, 0.4) is 0 Å². The van der Waals surface area contributed by atoms with Gasteiger partial charge < -0.3 is 14.9 Å². The molecule has 1 aliphatic rings. The van der Waals surface area contributed by atoms with E-state index in [1.165, 1.54) is 23.5 Å². The normalized spacial score (nSPS) is 19.0. The van der Waals surface area contributed by atoms with E-state index in [9.17, 15) is 14.7 Å². The molecule has 0 aromatic carbocycles. The maximum atomic E-state index is 12.3. The van der Waals surface area contributed by atoms with Crippen LogP contribution >= 0.6 is 0 Å². The van der Waals surface area contributed by atoms with E-state index in [1.54, 1.807) is 4.90 Å². The summed E-state index contributed by atoms with van der Waals surface area (Å²) in [4.78, 5) is 34.6. The number of urea groups is 1. The quantitative estimate of drug-likeness (QED) is 0.823. The smallest absolute Gasteiger partial charge is 0.407 e. The second kappa shape index (κ2) is 6.17. The van der Waals surface area contributed by atoms with Crippen LogP contribution in [0.5, 0.6) is 0 Å². The monoisotopic (exact) mass is 307 g/mol. The van der Waals surface area contributed by atoms with E-state index >= 15 is 0 Å². The number of carboxylic acid groups (broad SMARTS) is 1. The second-order valence-electron chi connectivity index (χ2n) is 6.32. The molecule has 1 aromatic heterocycles. The van der Waals surface area contributed by atoms with Crippen LogP contribution in [0.2, 0.25) is 0 Å². The zero-order chi connectivity index (χ0) is 16.3. The van der Waals surface area contributed by atoms with Gasteiger partial charge in [0.25, 0.3) is 0 Å². The van der Waals surface area contributed by atoms with Crippen molar-refractivity contribution in [1.29, 1.82) is 0 Å². The zero-order valence-electron chi connectivity index (χ0n) is 13.0. The summed E-state index contributed by atoms with van der Waals surface area (Å²) in [5.41, 5.74) is -0.260. The lowest BCUT2D eigenvalue weighted by Gasteiger charge is -2.45. The maximum Gasteiger partial charge on any atom is 0.407 e. The Labute approximate surface area is 129 Å². The molecule has 1 atom stereocenters. The van der Waals surface area contributed by atoms with Gasteiger partial charge in [-0.1, -0.05) is 20.8 Å². The molecule has 2 heterocycles. The van der Waals surface area contributed by atoms with E-state index in [0.717, 1.165) is 0 Å². The average molecular weight is 307 g/mol. The molecule has 0 saturated carbocycles. The summed E-state index contributed by atoms with van der Waals surface area (Å²) in [6.07, 6.45) is 3.54. The van der Waals surface area contributed by atoms with Gasteiger partial charge in [-0.15, -0.1) is 0 Å². The van der Waals surface area contributed by atoms with Gasteiger partial charge in [-0.05, 0) is 5.41 Å². The lowest BCUT2D eigenvalue weighted by molar-refractivity contribution is 0.0355. The van der Waals surface area contributed by atoms with Gasteiger partial charge in [0.15, 0.2) is 5.82 Å². The van der Waals surface area contributed by atoms with Gasteiger partial charge in [0, 0.05) is 32.0 Å². The standard InChI is InChI=1S/C14H21N5O3/c1-14(2,3)10-9-18(6-7-19(10)13(21)22)12(20)17-11-8-15-4-5-16-11/h4-5,8,10H,6-7,9H2,1-3H3,(H,21,22)(H,16,17,20). The summed E-state index contributed by atoms with van der Waals surface area (Å²) in [7, 11) is 0. The van der Waals surface area contributed by atoms with Crippen molar-refractivity contribution in [2.45, 2.75) is 26.8 Å². The van der Waals surface area contributed by atoms with Gasteiger partial charge >= 0.3 is 12.1 Å². The Balaban J connectivity index is 2.07. The van der Waals surface area contributed by atoms with Crippen molar-refractivity contribution in [3.63, 3.8) is 0 Å². The highest BCUT2D eigenvalue weighted by Crippen LogP contribution is 2.28. The Bertz CT molecular complexity index is 543. The Morgan fingerprint density at radius 3 is 2.59 bits per heavy atom. The topological polar surface area (TPSA) is 98.7 Å². The van der Waals surface area contributed by atoms with Crippen LogP contribution in [0, 0.1) is 5.41 Å². The molecule has 8 heteroatoms. The first kappa shape index (κ1) is 16.0. The number of amides is 3. The van der Waals surface area contributed by atoms with Crippen LogP contribution in [-0.2, 0) is 0 Å². The summed E-state index contributed by atoms with van der Waals surface area (Å²) in [5, 5.41) is 12.0. The minimum Gasteiger partial charge on any atom is -0.465 e. The van der Waals surface area contributed by atoms with Crippen molar-refractivity contribution >= 4 is 17.9 Å². The highest BCUT2D eigenvalue weighted by atomic mass is 16.4. The Morgan fingerprint density at radius 1 is 1.32 bits per heavy atom. The molecule has 1 unspecified atom stereocenters. The maximum absolute atomic E-state index is 12.3. The molecule has 22 heavy (non-hydrogen) atoms. The molecule has 0 spiro atoms. The highest BCUT2D eigenvalue weighted by Gasteiger charge is 2.39. The zero-order valence-corrected chi connectivity index (χ0v) is 13.0. The number of hydrogen-bond acceptors (Lipinski definition) is 4. The first-order valence-electron chi connectivity index (χ1n) is 7.10. The van der Waals surface area contributed by atoms with Gasteiger partial charge in [-0.3, -0.25) is 10.3 Å². The van der Waals surface area contributed by atoms with Gasteiger partial charge in [0.05, 0.1) is 12.2 Å². The fourth-order valence-electron chi connectivity index (χ4n) is 2.49. The Kier molecular flexibility index (Phi) is 4.48. The molecule has 1 aromatic rings. The summed E-state index contributed by atoms with van der Waals surface area (Å²) in [6.45, 7) is 6.91.